The molecule has 0 saturated carbocycles. The number of nitrogens with one attached hydrogen (secondary N) is 1. The molecule has 0 aromatic carbocycles. The van der Waals surface area contributed by atoms with E-state index in [-0.39, 0.29) is 5.75 Å². The molecule has 1 aliphatic heterocycles. The number of aromatic hydroxyl groups is 1. The highest BCUT2D eigenvalue weighted by Crippen LogP contribution is 2.30. The van der Waals surface area contributed by atoms with E-state index in [4.69, 9.17) is 0 Å². The second kappa shape index (κ2) is 4.61. The van der Waals surface area contributed by atoms with Gasteiger partial charge in [-0.05, 0) is 6.92 Å². The van der Waals surface area contributed by atoms with Gasteiger partial charge in [-0.1, -0.05) is 0 Å². The minimum atomic E-state index is -1.11. The topological polar surface area (TPSA) is 52.6 Å². The number of aryl methyl sites for hydroxylation is 1. The monoisotopic (exact) mass is 246 g/mol. The molecule has 1 atom stereocenters. The number of hydrogen-bond acceptors (Lipinski definition) is 4. The Morgan fingerprint density at radius 1 is 1.53 bits per heavy atom. The van der Waals surface area contributed by atoms with Gasteiger partial charge in [0, 0.05) is 37.1 Å². The van der Waals surface area contributed by atoms with Crippen molar-refractivity contribution >= 4 is 22.3 Å². The van der Waals surface area contributed by atoms with Crippen LogP contribution in [-0.4, -0.2) is 39.8 Å². The van der Waals surface area contributed by atoms with E-state index in [1.54, 1.807) is 6.07 Å². The van der Waals surface area contributed by atoms with Crippen LogP contribution in [0, 0.1) is 6.92 Å². The molecule has 0 spiro atoms. The van der Waals surface area contributed by atoms with E-state index in [2.05, 4.69) is 5.32 Å². The van der Waals surface area contributed by atoms with E-state index >= 15 is 0 Å². The van der Waals surface area contributed by atoms with Crippen LogP contribution in [0.25, 0.3) is 0 Å². The van der Waals surface area contributed by atoms with Crippen molar-refractivity contribution in [3.05, 3.63) is 10.9 Å². The van der Waals surface area contributed by atoms with Crippen LogP contribution in [0.2, 0.25) is 0 Å². The third-order valence-corrected chi connectivity index (χ3v) is 5.16. The lowest BCUT2D eigenvalue weighted by Gasteiger charge is -2.25. The number of nitrogens with zero attached hydrogens (tertiary/aromatic N) is 1. The average Bonchev–Trinajstić information content (AvgIpc) is 2.59. The zero-order chi connectivity index (χ0) is 10.8. The summed E-state index contributed by atoms with van der Waals surface area (Å²) in [4.78, 5) is 0.827. The van der Waals surface area contributed by atoms with Crippen LogP contribution in [-0.2, 0) is 11.0 Å². The maximum Gasteiger partial charge on any atom is 0.138 e. The fraction of sp³-hybridized carbons (Fsp3) is 0.556. The van der Waals surface area contributed by atoms with E-state index in [1.807, 2.05) is 11.2 Å². The molecule has 15 heavy (non-hydrogen) atoms. The van der Waals surface area contributed by atoms with Gasteiger partial charge in [0.15, 0.2) is 0 Å². The maximum absolute atomic E-state index is 12.1. The van der Waals surface area contributed by atoms with Crippen molar-refractivity contribution in [2.24, 2.45) is 0 Å². The molecule has 1 unspecified atom stereocenters. The van der Waals surface area contributed by atoms with Gasteiger partial charge in [-0.25, -0.2) is 8.51 Å². The molecule has 2 heterocycles. The number of hydrogen-bond donors (Lipinski definition) is 2. The van der Waals surface area contributed by atoms with Crippen LogP contribution in [0.5, 0.6) is 5.75 Å². The van der Waals surface area contributed by atoms with Gasteiger partial charge in [-0.2, -0.15) is 0 Å². The second-order valence-corrected chi connectivity index (χ2v) is 6.40. The van der Waals surface area contributed by atoms with Gasteiger partial charge in [0.1, 0.15) is 20.9 Å². The zero-order valence-corrected chi connectivity index (χ0v) is 10.2. The smallest absolute Gasteiger partial charge is 0.138 e. The third-order valence-electron chi connectivity index (χ3n) is 2.35. The van der Waals surface area contributed by atoms with E-state index < -0.39 is 11.0 Å². The molecule has 84 valence electrons. The first-order valence-corrected chi connectivity index (χ1v) is 6.78. The quantitative estimate of drug-likeness (QED) is 0.807. The van der Waals surface area contributed by atoms with Crippen molar-refractivity contribution in [2.45, 2.75) is 11.1 Å². The Morgan fingerprint density at radius 3 is 2.73 bits per heavy atom. The predicted molar refractivity (Wildman–Crippen MR) is 61.6 cm³/mol. The molecule has 1 saturated heterocycles. The molecular weight excluding hydrogens is 232 g/mol. The molecule has 0 amide bonds. The predicted octanol–water partition coefficient (Wildman–Crippen LogP) is 0.690. The summed E-state index contributed by atoms with van der Waals surface area (Å²) in [6, 6.07) is 1.61. The van der Waals surface area contributed by atoms with E-state index in [0.29, 0.717) is 0 Å². The Hall–Kier alpha value is -0.430. The Kier molecular flexibility index (Phi) is 3.40. The minimum Gasteiger partial charge on any atom is -0.507 e. The Labute approximate surface area is 95.5 Å². The number of piperazine rings is 1. The maximum atomic E-state index is 12.1. The largest absolute Gasteiger partial charge is 0.507 e. The van der Waals surface area contributed by atoms with Crippen LogP contribution in [0.3, 0.4) is 0 Å². The Bertz CT molecular complexity index is 353. The number of thiophene rings is 1. The van der Waals surface area contributed by atoms with Gasteiger partial charge >= 0.3 is 0 Å². The Balaban J connectivity index is 2.12. The van der Waals surface area contributed by atoms with Gasteiger partial charge < -0.3 is 10.4 Å². The van der Waals surface area contributed by atoms with Gasteiger partial charge in [0.05, 0.1) is 0 Å². The lowest BCUT2D eigenvalue weighted by Crippen LogP contribution is -2.43. The molecule has 1 aliphatic rings. The fourth-order valence-electron chi connectivity index (χ4n) is 1.47. The van der Waals surface area contributed by atoms with Crippen LogP contribution >= 0.6 is 11.3 Å². The number of rotatable bonds is 2. The molecule has 4 nitrogen and oxygen atoms in total. The summed E-state index contributed by atoms with van der Waals surface area (Å²) in [5, 5.41) is 12.6. The summed E-state index contributed by atoms with van der Waals surface area (Å²) in [6.07, 6.45) is 0. The Morgan fingerprint density at radius 2 is 2.20 bits per heavy atom. The van der Waals surface area contributed by atoms with Gasteiger partial charge in [0.2, 0.25) is 0 Å². The standard InChI is InChI=1S/C9H14N2O2S2/c1-7-8(12)6-9(14-7)15(13)11-4-2-10-3-5-11/h6,10,12H,2-5H2,1H3. The van der Waals surface area contributed by atoms with Crippen molar-refractivity contribution in [2.75, 3.05) is 26.2 Å². The molecular formula is C9H14N2O2S2. The summed E-state index contributed by atoms with van der Waals surface area (Å²) >= 11 is 1.40. The molecule has 0 bridgehead atoms. The highest BCUT2D eigenvalue weighted by Gasteiger charge is 2.20. The second-order valence-electron chi connectivity index (χ2n) is 3.44. The van der Waals surface area contributed by atoms with E-state index in [1.165, 1.54) is 11.3 Å². The summed E-state index contributed by atoms with van der Waals surface area (Å²) in [5.74, 6) is 0.249. The van der Waals surface area contributed by atoms with Crippen molar-refractivity contribution in [3.8, 4) is 5.75 Å². The first-order chi connectivity index (χ1) is 7.18. The van der Waals surface area contributed by atoms with Gasteiger partial charge in [-0.15, -0.1) is 11.3 Å². The normalized spacial score (nSPS) is 20.3. The molecule has 6 heteroatoms. The highest BCUT2D eigenvalue weighted by atomic mass is 32.2. The molecule has 0 aliphatic carbocycles. The van der Waals surface area contributed by atoms with Gasteiger partial charge in [-0.3, -0.25) is 0 Å². The van der Waals surface area contributed by atoms with E-state index in [9.17, 15) is 9.32 Å². The summed E-state index contributed by atoms with van der Waals surface area (Å²) in [7, 11) is -1.11. The molecule has 0 radical (unpaired) electrons. The average molecular weight is 246 g/mol. The zero-order valence-electron chi connectivity index (χ0n) is 8.52. The molecule has 1 fully saturated rings. The minimum absolute atomic E-state index is 0.249. The summed E-state index contributed by atoms with van der Waals surface area (Å²) in [5.41, 5.74) is 0. The van der Waals surface area contributed by atoms with Crippen molar-refractivity contribution in [1.29, 1.82) is 0 Å². The fourth-order valence-corrected chi connectivity index (χ4v) is 4.06. The summed E-state index contributed by atoms with van der Waals surface area (Å²) < 4.78 is 14.7. The van der Waals surface area contributed by atoms with Crippen molar-refractivity contribution < 1.29 is 9.32 Å². The first kappa shape index (κ1) is 11.1. The highest BCUT2D eigenvalue weighted by molar-refractivity contribution is 7.85. The van der Waals surface area contributed by atoms with Crippen LogP contribution in [0.4, 0.5) is 0 Å². The third kappa shape index (κ3) is 2.39. The lowest BCUT2D eigenvalue weighted by atomic mass is 10.4. The van der Waals surface area contributed by atoms with Crippen molar-refractivity contribution in [1.82, 2.24) is 9.62 Å². The van der Waals surface area contributed by atoms with Gasteiger partial charge in [0.25, 0.3) is 0 Å². The van der Waals surface area contributed by atoms with Crippen LogP contribution in [0.15, 0.2) is 10.3 Å². The SMILES string of the molecule is Cc1sc(S(=O)N2CCNCC2)cc1O. The van der Waals surface area contributed by atoms with Crippen LogP contribution in [0.1, 0.15) is 4.88 Å². The van der Waals surface area contributed by atoms with E-state index in [0.717, 1.165) is 35.3 Å². The molecule has 1 aromatic rings. The molecule has 1 aromatic heterocycles. The lowest BCUT2D eigenvalue weighted by molar-refractivity contribution is 0.381. The molecule has 2 rings (SSSR count). The first-order valence-electron chi connectivity index (χ1n) is 4.85. The summed E-state index contributed by atoms with van der Waals surface area (Å²) in [6.45, 7) is 5.18. The molecule has 2 N–H and O–H groups in total. The van der Waals surface area contributed by atoms with Crippen molar-refractivity contribution in [3.63, 3.8) is 0 Å². The van der Waals surface area contributed by atoms with Crippen LogP contribution < -0.4 is 5.32 Å².